The van der Waals surface area contributed by atoms with Gasteiger partial charge in [0.05, 0.1) is 13.2 Å². The topological polar surface area (TPSA) is 18.5 Å². The molecule has 2 nitrogen and oxygen atoms in total. The van der Waals surface area contributed by atoms with Gasteiger partial charge in [0.15, 0.2) is 0 Å². The predicted molar refractivity (Wildman–Crippen MR) is 112 cm³/mol. The smallest absolute Gasteiger partial charge is 0.127 e. The van der Waals surface area contributed by atoms with Gasteiger partial charge in [-0.25, -0.2) is 8.78 Å². The van der Waals surface area contributed by atoms with Gasteiger partial charge in [-0.1, -0.05) is 29.8 Å². The van der Waals surface area contributed by atoms with Crippen LogP contribution in [0.1, 0.15) is 31.4 Å². The number of allylic oxidation sites excluding steroid dienone is 1. The summed E-state index contributed by atoms with van der Waals surface area (Å²) in [6.07, 6.45) is 0.801. The van der Waals surface area contributed by atoms with Crippen molar-refractivity contribution in [2.45, 2.75) is 26.9 Å². The molecule has 0 amide bonds. The molecule has 29 heavy (non-hydrogen) atoms. The van der Waals surface area contributed by atoms with Gasteiger partial charge in [0.25, 0.3) is 0 Å². The molecule has 0 fully saturated rings. The second-order valence-electron chi connectivity index (χ2n) is 6.92. The van der Waals surface area contributed by atoms with Crippen LogP contribution in [0, 0.1) is 11.6 Å². The van der Waals surface area contributed by atoms with Crippen LogP contribution < -0.4 is 4.74 Å². The Morgan fingerprint density at radius 1 is 0.793 bits per heavy atom. The highest BCUT2D eigenvalue weighted by Gasteiger charge is 2.03. The first-order valence-electron chi connectivity index (χ1n) is 9.53. The highest BCUT2D eigenvalue weighted by atomic mass is 19.1. The van der Waals surface area contributed by atoms with E-state index in [2.05, 4.69) is 6.92 Å². The van der Waals surface area contributed by atoms with Crippen LogP contribution in [0.15, 0.2) is 78.4 Å². The van der Waals surface area contributed by atoms with Gasteiger partial charge >= 0.3 is 0 Å². The molecule has 0 aliphatic carbocycles. The Kier molecular flexibility index (Phi) is 7.14. The van der Waals surface area contributed by atoms with E-state index in [-0.39, 0.29) is 11.6 Å². The molecule has 3 aromatic carbocycles. The number of benzene rings is 3. The second-order valence-corrected chi connectivity index (χ2v) is 6.92. The first-order chi connectivity index (χ1) is 14.0. The zero-order valence-electron chi connectivity index (χ0n) is 16.6. The van der Waals surface area contributed by atoms with Crippen molar-refractivity contribution in [3.05, 3.63) is 101 Å². The fraction of sp³-hybridized carbons (Fsp3) is 0.200. The molecular weight excluding hydrogens is 370 g/mol. The molecule has 0 bridgehead atoms. The van der Waals surface area contributed by atoms with E-state index in [0.29, 0.717) is 24.7 Å². The Morgan fingerprint density at radius 2 is 1.45 bits per heavy atom. The second kappa shape index (κ2) is 9.99. The Labute approximate surface area is 170 Å². The van der Waals surface area contributed by atoms with Crippen molar-refractivity contribution in [2.24, 2.45) is 0 Å². The van der Waals surface area contributed by atoms with Gasteiger partial charge in [-0.3, -0.25) is 0 Å². The van der Waals surface area contributed by atoms with Gasteiger partial charge in [0.2, 0.25) is 0 Å². The fourth-order valence-electron chi connectivity index (χ4n) is 2.89. The lowest BCUT2D eigenvalue weighted by Crippen LogP contribution is -1.98. The molecule has 0 saturated heterocycles. The molecule has 0 aliphatic heterocycles. The third-order valence-electron chi connectivity index (χ3n) is 4.76. The van der Waals surface area contributed by atoms with E-state index in [4.69, 9.17) is 9.47 Å². The number of halogens is 2. The predicted octanol–water partition coefficient (Wildman–Crippen LogP) is 7.16. The maximum Gasteiger partial charge on any atom is 0.127 e. The Morgan fingerprint density at radius 3 is 2.14 bits per heavy atom. The van der Waals surface area contributed by atoms with Gasteiger partial charge in [0.1, 0.15) is 23.1 Å². The Bertz CT molecular complexity index is 961. The van der Waals surface area contributed by atoms with Gasteiger partial charge < -0.3 is 9.47 Å². The molecule has 150 valence electrons. The van der Waals surface area contributed by atoms with Crippen molar-refractivity contribution < 1.29 is 18.3 Å². The molecule has 0 aliphatic rings. The van der Waals surface area contributed by atoms with E-state index < -0.39 is 0 Å². The number of hydrogen-bond donors (Lipinski definition) is 0. The van der Waals surface area contributed by atoms with Crippen LogP contribution in [0.2, 0.25) is 0 Å². The minimum Gasteiger partial charge on any atom is -0.457 e. The van der Waals surface area contributed by atoms with Crippen LogP contribution in [0.25, 0.3) is 5.57 Å². The zero-order valence-corrected chi connectivity index (χ0v) is 16.6. The summed E-state index contributed by atoms with van der Waals surface area (Å²) in [7, 11) is 0. The molecule has 0 radical (unpaired) electrons. The molecule has 0 heterocycles. The summed E-state index contributed by atoms with van der Waals surface area (Å²) < 4.78 is 37.6. The van der Waals surface area contributed by atoms with Crippen LogP contribution in [0.5, 0.6) is 11.5 Å². The highest BCUT2D eigenvalue weighted by molar-refractivity contribution is 5.66. The van der Waals surface area contributed by atoms with Crippen molar-refractivity contribution in [1.29, 1.82) is 0 Å². The number of ether oxygens (including phenoxy) is 2. The van der Waals surface area contributed by atoms with Crippen molar-refractivity contribution in [2.75, 3.05) is 6.61 Å². The third kappa shape index (κ3) is 6.26. The van der Waals surface area contributed by atoms with Crippen LogP contribution in [0.3, 0.4) is 0 Å². The molecule has 0 saturated carbocycles. The molecule has 0 spiro atoms. The third-order valence-corrected chi connectivity index (χ3v) is 4.76. The molecule has 3 rings (SSSR count). The van der Waals surface area contributed by atoms with Crippen LogP contribution in [0.4, 0.5) is 8.78 Å². The lowest BCUT2D eigenvalue weighted by molar-refractivity contribution is 0.123. The fourth-order valence-corrected chi connectivity index (χ4v) is 2.89. The maximum atomic E-state index is 13.1. The average molecular weight is 394 g/mol. The largest absolute Gasteiger partial charge is 0.457 e. The summed E-state index contributed by atoms with van der Waals surface area (Å²) in [5.74, 6) is 0.745. The maximum absolute atomic E-state index is 13.1. The van der Waals surface area contributed by atoms with Gasteiger partial charge in [-0.05, 0) is 85.5 Å². The van der Waals surface area contributed by atoms with Crippen molar-refractivity contribution in [3.8, 4) is 11.5 Å². The normalized spacial score (nSPS) is 11.9. The van der Waals surface area contributed by atoms with Crippen LogP contribution in [-0.4, -0.2) is 6.61 Å². The molecule has 4 heteroatoms. The first kappa shape index (κ1) is 20.7. The Balaban J connectivity index is 1.50. The van der Waals surface area contributed by atoms with E-state index in [1.807, 2.05) is 31.2 Å². The minimum absolute atomic E-state index is 0.229. The molecular formula is C25H24F2O2. The SMILES string of the molecule is CC(CCOCc1cccc(Oc2ccc(F)cc2)c1)=C(C)c1ccc(F)cc1. The number of rotatable bonds is 8. The molecule has 0 unspecified atom stereocenters. The van der Waals surface area contributed by atoms with Gasteiger partial charge in [0, 0.05) is 0 Å². The molecule has 0 aromatic heterocycles. The molecule has 0 N–H and O–H groups in total. The highest BCUT2D eigenvalue weighted by Crippen LogP contribution is 2.23. The zero-order chi connectivity index (χ0) is 20.6. The van der Waals surface area contributed by atoms with E-state index in [0.717, 1.165) is 23.1 Å². The van der Waals surface area contributed by atoms with E-state index in [1.165, 1.54) is 29.8 Å². The van der Waals surface area contributed by atoms with Crippen molar-refractivity contribution in [1.82, 2.24) is 0 Å². The first-order valence-corrected chi connectivity index (χ1v) is 9.53. The van der Waals surface area contributed by atoms with Crippen molar-refractivity contribution in [3.63, 3.8) is 0 Å². The van der Waals surface area contributed by atoms with E-state index in [1.54, 1.807) is 24.3 Å². The van der Waals surface area contributed by atoms with E-state index >= 15 is 0 Å². The summed E-state index contributed by atoms with van der Waals surface area (Å²) in [5.41, 5.74) is 4.38. The Hall–Kier alpha value is -2.98. The average Bonchev–Trinajstić information content (AvgIpc) is 2.73. The standard InChI is InChI=1S/C25H24F2O2/c1-18(19(2)21-6-8-22(26)9-7-21)14-15-28-17-20-4-3-5-25(16-20)29-24-12-10-23(27)11-13-24/h3-13,16H,14-15,17H2,1-2H3. The van der Waals surface area contributed by atoms with Gasteiger partial charge in [-0.2, -0.15) is 0 Å². The van der Waals surface area contributed by atoms with Crippen molar-refractivity contribution >= 4 is 5.57 Å². The molecule has 0 atom stereocenters. The summed E-state index contributed by atoms with van der Waals surface area (Å²) >= 11 is 0. The summed E-state index contributed by atoms with van der Waals surface area (Å²) in [6, 6.07) is 20.1. The van der Waals surface area contributed by atoms with Gasteiger partial charge in [-0.15, -0.1) is 0 Å². The lowest BCUT2D eigenvalue weighted by atomic mass is 10.0. The van der Waals surface area contributed by atoms with Crippen LogP contribution in [-0.2, 0) is 11.3 Å². The number of hydrogen-bond acceptors (Lipinski definition) is 2. The quantitative estimate of drug-likeness (QED) is 0.378. The van der Waals surface area contributed by atoms with Crippen LogP contribution >= 0.6 is 0 Å². The minimum atomic E-state index is -0.293. The lowest BCUT2D eigenvalue weighted by Gasteiger charge is -2.10. The molecule has 3 aromatic rings. The van der Waals surface area contributed by atoms with E-state index in [9.17, 15) is 8.78 Å². The summed E-state index contributed by atoms with van der Waals surface area (Å²) in [6.45, 7) is 5.18. The summed E-state index contributed by atoms with van der Waals surface area (Å²) in [5, 5.41) is 0. The monoisotopic (exact) mass is 394 g/mol. The summed E-state index contributed by atoms with van der Waals surface area (Å²) in [4.78, 5) is 0.